The Morgan fingerprint density at radius 1 is 1.07 bits per heavy atom. The topological polar surface area (TPSA) is 72.7 Å². The van der Waals surface area contributed by atoms with Crippen LogP contribution in [0.1, 0.15) is 50.9 Å². The number of rotatable bonds is 8. The molecule has 0 atom stereocenters. The highest BCUT2D eigenvalue weighted by Crippen LogP contribution is 2.20. The molecule has 0 saturated heterocycles. The maximum absolute atomic E-state index is 12.4. The van der Waals surface area contributed by atoms with Crippen LogP contribution in [-0.4, -0.2) is 25.7 Å². The first-order chi connectivity index (χ1) is 13.6. The molecule has 146 valence electrons. The maximum Gasteiger partial charge on any atom is 0.224 e. The van der Waals surface area contributed by atoms with Gasteiger partial charge in [-0.15, -0.1) is 10.2 Å². The number of amides is 1. The van der Waals surface area contributed by atoms with E-state index in [9.17, 15) is 4.79 Å². The van der Waals surface area contributed by atoms with Gasteiger partial charge in [0.05, 0.1) is 0 Å². The molecule has 0 spiro atoms. The Balaban J connectivity index is 1.65. The molecule has 28 heavy (non-hydrogen) atoms. The van der Waals surface area contributed by atoms with Crippen LogP contribution in [0.3, 0.4) is 0 Å². The summed E-state index contributed by atoms with van der Waals surface area (Å²) in [5.41, 5.74) is 3.06. The van der Waals surface area contributed by atoms with Crippen molar-refractivity contribution >= 4 is 11.6 Å². The van der Waals surface area contributed by atoms with Gasteiger partial charge < -0.3 is 9.88 Å². The SMILES string of the molecule is CCCn1c(CCC(=O)Nc2ccc(C(C)C)cc2)nnc1-c1ccncc1. The van der Waals surface area contributed by atoms with Crippen LogP contribution in [0, 0.1) is 0 Å². The molecule has 0 saturated carbocycles. The summed E-state index contributed by atoms with van der Waals surface area (Å²) in [7, 11) is 0. The highest BCUT2D eigenvalue weighted by atomic mass is 16.1. The van der Waals surface area contributed by atoms with E-state index in [4.69, 9.17) is 0 Å². The largest absolute Gasteiger partial charge is 0.326 e. The van der Waals surface area contributed by atoms with Gasteiger partial charge in [0, 0.05) is 43.0 Å². The normalized spacial score (nSPS) is 11.0. The number of anilines is 1. The molecular formula is C22H27N5O. The number of benzene rings is 1. The highest BCUT2D eigenvalue weighted by molar-refractivity contribution is 5.90. The summed E-state index contributed by atoms with van der Waals surface area (Å²) in [5, 5.41) is 11.6. The minimum Gasteiger partial charge on any atom is -0.326 e. The molecule has 0 aliphatic heterocycles. The molecule has 3 rings (SSSR count). The minimum atomic E-state index is -0.0196. The first-order valence-electron chi connectivity index (χ1n) is 9.80. The summed E-state index contributed by atoms with van der Waals surface area (Å²) in [6.45, 7) is 7.24. The molecule has 0 radical (unpaired) electrons. The summed E-state index contributed by atoms with van der Waals surface area (Å²) in [6, 6.07) is 11.9. The molecule has 1 N–H and O–H groups in total. The molecule has 2 aromatic heterocycles. The first kappa shape index (κ1) is 19.7. The minimum absolute atomic E-state index is 0.0196. The summed E-state index contributed by atoms with van der Waals surface area (Å²) < 4.78 is 2.10. The Hall–Kier alpha value is -3.02. The Morgan fingerprint density at radius 2 is 1.79 bits per heavy atom. The lowest BCUT2D eigenvalue weighted by Crippen LogP contribution is -2.14. The van der Waals surface area contributed by atoms with Crippen LogP contribution in [0.2, 0.25) is 0 Å². The zero-order chi connectivity index (χ0) is 19.9. The highest BCUT2D eigenvalue weighted by Gasteiger charge is 2.14. The van der Waals surface area contributed by atoms with Gasteiger partial charge in [-0.3, -0.25) is 9.78 Å². The number of carbonyl (C=O) groups excluding carboxylic acids is 1. The van der Waals surface area contributed by atoms with E-state index < -0.39 is 0 Å². The molecule has 6 nitrogen and oxygen atoms in total. The van der Waals surface area contributed by atoms with Crippen LogP contribution >= 0.6 is 0 Å². The molecule has 3 aromatic rings. The second kappa shape index (κ2) is 9.26. The van der Waals surface area contributed by atoms with Crippen LogP contribution < -0.4 is 5.32 Å². The van der Waals surface area contributed by atoms with E-state index in [1.165, 1.54) is 5.56 Å². The van der Waals surface area contributed by atoms with Crippen LogP contribution in [0.25, 0.3) is 11.4 Å². The Morgan fingerprint density at radius 3 is 2.43 bits per heavy atom. The second-order valence-corrected chi connectivity index (χ2v) is 7.15. The van der Waals surface area contributed by atoms with Crippen molar-refractivity contribution in [3.63, 3.8) is 0 Å². The van der Waals surface area contributed by atoms with Crippen molar-refractivity contribution in [2.75, 3.05) is 5.32 Å². The molecular weight excluding hydrogens is 350 g/mol. The van der Waals surface area contributed by atoms with Crippen LogP contribution in [0.5, 0.6) is 0 Å². The van der Waals surface area contributed by atoms with Crippen molar-refractivity contribution < 1.29 is 4.79 Å². The third-order valence-corrected chi connectivity index (χ3v) is 4.65. The van der Waals surface area contributed by atoms with Gasteiger partial charge in [-0.25, -0.2) is 0 Å². The molecule has 0 fully saturated rings. The molecule has 1 amide bonds. The number of hydrogen-bond acceptors (Lipinski definition) is 4. The van der Waals surface area contributed by atoms with Gasteiger partial charge in [0.15, 0.2) is 5.82 Å². The smallest absolute Gasteiger partial charge is 0.224 e. The molecule has 1 aromatic carbocycles. The third kappa shape index (κ3) is 4.82. The van der Waals surface area contributed by atoms with Gasteiger partial charge in [0.1, 0.15) is 5.82 Å². The van der Waals surface area contributed by atoms with Crippen molar-refractivity contribution in [2.45, 2.75) is 52.5 Å². The monoisotopic (exact) mass is 377 g/mol. The van der Waals surface area contributed by atoms with Gasteiger partial charge in [0.2, 0.25) is 5.91 Å². The Bertz CT molecular complexity index is 900. The van der Waals surface area contributed by atoms with E-state index in [-0.39, 0.29) is 5.91 Å². The predicted molar refractivity (Wildman–Crippen MR) is 111 cm³/mol. The van der Waals surface area contributed by atoms with Crippen LogP contribution in [0.4, 0.5) is 5.69 Å². The average molecular weight is 377 g/mol. The zero-order valence-electron chi connectivity index (χ0n) is 16.7. The van der Waals surface area contributed by atoms with E-state index in [0.717, 1.165) is 35.9 Å². The summed E-state index contributed by atoms with van der Waals surface area (Å²) in [5.74, 6) is 2.11. The van der Waals surface area contributed by atoms with Crippen molar-refractivity contribution in [3.8, 4) is 11.4 Å². The fourth-order valence-corrected chi connectivity index (χ4v) is 3.09. The third-order valence-electron chi connectivity index (χ3n) is 4.65. The van der Waals surface area contributed by atoms with Crippen molar-refractivity contribution in [1.29, 1.82) is 0 Å². The van der Waals surface area contributed by atoms with Gasteiger partial charge in [-0.1, -0.05) is 32.9 Å². The van der Waals surface area contributed by atoms with E-state index >= 15 is 0 Å². The quantitative estimate of drug-likeness (QED) is 0.630. The molecule has 2 heterocycles. The van der Waals surface area contributed by atoms with E-state index in [0.29, 0.717) is 18.8 Å². The summed E-state index contributed by atoms with van der Waals surface area (Å²) in [4.78, 5) is 16.4. The average Bonchev–Trinajstić information content (AvgIpc) is 3.10. The van der Waals surface area contributed by atoms with E-state index in [1.54, 1.807) is 12.4 Å². The van der Waals surface area contributed by atoms with Crippen molar-refractivity contribution in [1.82, 2.24) is 19.7 Å². The van der Waals surface area contributed by atoms with Crippen molar-refractivity contribution in [2.24, 2.45) is 0 Å². The number of nitrogens with zero attached hydrogens (tertiary/aromatic N) is 4. The number of hydrogen-bond donors (Lipinski definition) is 1. The molecule has 6 heteroatoms. The number of aromatic nitrogens is 4. The second-order valence-electron chi connectivity index (χ2n) is 7.15. The molecule has 0 unspecified atom stereocenters. The van der Waals surface area contributed by atoms with Gasteiger partial charge in [-0.05, 0) is 42.2 Å². The lowest BCUT2D eigenvalue weighted by molar-refractivity contribution is -0.116. The number of nitrogens with one attached hydrogen (secondary N) is 1. The van der Waals surface area contributed by atoms with E-state index in [1.807, 2.05) is 24.3 Å². The lowest BCUT2D eigenvalue weighted by Gasteiger charge is -2.10. The maximum atomic E-state index is 12.4. The number of pyridine rings is 1. The van der Waals surface area contributed by atoms with Gasteiger partial charge >= 0.3 is 0 Å². The molecule has 0 bridgehead atoms. The van der Waals surface area contributed by atoms with Gasteiger partial charge in [-0.2, -0.15) is 0 Å². The van der Waals surface area contributed by atoms with Crippen molar-refractivity contribution in [3.05, 3.63) is 60.2 Å². The molecule has 0 aliphatic carbocycles. The fourth-order valence-electron chi connectivity index (χ4n) is 3.09. The van der Waals surface area contributed by atoms with Crippen LogP contribution in [-0.2, 0) is 17.8 Å². The fraction of sp³-hybridized carbons (Fsp3) is 0.364. The predicted octanol–water partition coefficient (Wildman–Crippen LogP) is 4.44. The standard InChI is InChI=1S/C22H27N5O/c1-4-15-27-20(25-26-22(27)18-11-13-23-14-12-18)9-10-21(28)24-19-7-5-17(6-8-19)16(2)3/h5-8,11-14,16H,4,9-10,15H2,1-3H3,(H,24,28). The molecule has 0 aliphatic rings. The summed E-state index contributed by atoms with van der Waals surface area (Å²) in [6.07, 6.45) is 5.38. The Labute approximate surface area is 166 Å². The summed E-state index contributed by atoms with van der Waals surface area (Å²) >= 11 is 0. The van der Waals surface area contributed by atoms with Crippen LogP contribution in [0.15, 0.2) is 48.8 Å². The number of aryl methyl sites for hydroxylation is 1. The lowest BCUT2D eigenvalue weighted by atomic mass is 10.0. The zero-order valence-corrected chi connectivity index (χ0v) is 16.7. The first-order valence-corrected chi connectivity index (χ1v) is 9.80. The van der Waals surface area contributed by atoms with E-state index in [2.05, 4.69) is 58.0 Å². The van der Waals surface area contributed by atoms with Gasteiger partial charge in [0.25, 0.3) is 0 Å². The Kier molecular flexibility index (Phi) is 6.53. The number of carbonyl (C=O) groups is 1.